The summed E-state index contributed by atoms with van der Waals surface area (Å²) in [5.74, 6) is 0. The van der Waals surface area contributed by atoms with Gasteiger partial charge in [-0.05, 0) is 117 Å². The lowest BCUT2D eigenvalue weighted by Crippen LogP contribution is -2.65. The van der Waals surface area contributed by atoms with Crippen LogP contribution in [0.5, 0.6) is 0 Å². The van der Waals surface area contributed by atoms with E-state index in [0.717, 1.165) is 123 Å². The first-order valence-electron chi connectivity index (χ1n) is 26.9. The molecular weight excluding hydrogens is 950 g/mol. The van der Waals surface area contributed by atoms with Gasteiger partial charge in [-0.1, -0.05) is 164 Å². The van der Waals surface area contributed by atoms with E-state index in [1.165, 1.54) is 32.8 Å². The Morgan fingerprint density at radius 1 is 0.269 bits per heavy atom. The van der Waals surface area contributed by atoms with E-state index in [2.05, 4.69) is 274 Å². The van der Waals surface area contributed by atoms with E-state index in [0.29, 0.717) is 0 Å². The van der Waals surface area contributed by atoms with Gasteiger partial charge in [-0.3, -0.25) is 0 Å². The molecule has 0 N–H and O–H groups in total. The zero-order valence-electron chi connectivity index (χ0n) is 42.0. The Morgan fingerprint density at radius 3 is 1.31 bits per heavy atom. The third kappa shape index (κ3) is 5.57. The molecule has 0 fully saturated rings. The normalized spacial score (nSPS) is 13.7. The molecule has 4 aliphatic heterocycles. The molecule has 0 atom stereocenters. The van der Waals surface area contributed by atoms with Gasteiger partial charge in [0, 0.05) is 85.2 Å². The molecule has 360 valence electrons. The fourth-order valence-corrected chi connectivity index (χ4v) is 14.1. The van der Waals surface area contributed by atoms with Crippen LogP contribution in [0.15, 0.2) is 264 Å². The molecule has 6 heterocycles. The summed E-state index contributed by atoms with van der Waals surface area (Å²) in [6.07, 6.45) is 0. The van der Waals surface area contributed by atoms with Crippen molar-refractivity contribution in [2.75, 3.05) is 19.6 Å². The van der Waals surface area contributed by atoms with Crippen molar-refractivity contribution < 1.29 is 8.83 Å². The van der Waals surface area contributed by atoms with E-state index in [1.807, 2.05) is 0 Å². The second-order valence-electron chi connectivity index (χ2n) is 21.1. The second-order valence-corrected chi connectivity index (χ2v) is 21.1. The molecule has 0 aliphatic carbocycles. The van der Waals surface area contributed by atoms with Crippen LogP contribution in [-0.2, 0) is 0 Å². The van der Waals surface area contributed by atoms with Gasteiger partial charge in [0.05, 0.1) is 22.1 Å². The molecule has 0 unspecified atom stereocenters. The zero-order chi connectivity index (χ0) is 50.7. The number of furan rings is 2. The maximum Gasteiger partial charge on any atom is 0.252 e. The van der Waals surface area contributed by atoms with Gasteiger partial charge in [-0.25, -0.2) is 0 Å². The number of para-hydroxylation sites is 7. The third-order valence-electron chi connectivity index (χ3n) is 17.1. The highest BCUT2D eigenvalue weighted by Gasteiger charge is 2.49. The summed E-state index contributed by atoms with van der Waals surface area (Å²) in [6, 6.07) is 93.3. The average molecular weight is 993 g/mol. The predicted octanol–water partition coefficient (Wildman–Crippen LogP) is 14.8. The number of fused-ring (bicyclic) bond motifs is 18. The topological polar surface area (TPSA) is 39.2 Å². The van der Waals surface area contributed by atoms with Crippen LogP contribution in [0.1, 0.15) is 0 Å². The molecule has 0 saturated carbocycles. The van der Waals surface area contributed by atoms with E-state index >= 15 is 0 Å². The van der Waals surface area contributed by atoms with E-state index in [1.54, 1.807) is 0 Å². The summed E-state index contributed by atoms with van der Waals surface area (Å²) in [6.45, 7) is -0.309. The van der Waals surface area contributed by atoms with Gasteiger partial charge in [0.15, 0.2) is 0 Å². The van der Waals surface area contributed by atoms with Crippen molar-refractivity contribution in [3.8, 4) is 0 Å². The maximum absolute atomic E-state index is 7.29. The van der Waals surface area contributed by atoms with Crippen molar-refractivity contribution in [3.63, 3.8) is 0 Å². The smallest absolute Gasteiger partial charge is 0.252 e. The number of nitrogens with zero attached hydrogens (tertiary/aromatic N) is 4. The van der Waals surface area contributed by atoms with Crippen LogP contribution in [0.2, 0.25) is 0 Å². The van der Waals surface area contributed by atoms with Crippen molar-refractivity contribution in [3.05, 3.63) is 255 Å². The molecule has 78 heavy (non-hydrogen) atoms. The number of benzene rings is 12. The molecule has 6 nitrogen and oxygen atoms in total. The molecular formula is C70H42B2N4O2. The first-order valence-corrected chi connectivity index (χ1v) is 26.9. The Hall–Kier alpha value is -10.2. The quantitative estimate of drug-likeness (QED) is 0.164. The average Bonchev–Trinajstić information content (AvgIpc) is 3.13. The highest BCUT2D eigenvalue weighted by atomic mass is 16.3. The largest absolute Gasteiger partial charge is 0.456 e. The summed E-state index contributed by atoms with van der Waals surface area (Å²) in [5, 5.41) is 6.65. The molecule has 0 bridgehead atoms. The molecule has 8 heteroatoms. The predicted molar refractivity (Wildman–Crippen MR) is 327 cm³/mol. The molecule has 0 spiro atoms. The van der Waals surface area contributed by atoms with Gasteiger partial charge < -0.3 is 28.4 Å². The third-order valence-corrected chi connectivity index (χ3v) is 17.1. The van der Waals surface area contributed by atoms with Crippen molar-refractivity contribution >= 4 is 169 Å². The highest BCUT2D eigenvalue weighted by Crippen LogP contribution is 2.54. The van der Waals surface area contributed by atoms with Crippen molar-refractivity contribution in [2.24, 2.45) is 0 Å². The minimum Gasteiger partial charge on any atom is -0.456 e. The number of rotatable bonds is 4. The summed E-state index contributed by atoms with van der Waals surface area (Å²) < 4.78 is 14.3. The molecule has 2 aromatic heterocycles. The molecule has 0 amide bonds. The van der Waals surface area contributed by atoms with Gasteiger partial charge in [0.2, 0.25) is 0 Å². The van der Waals surface area contributed by atoms with Crippen LogP contribution in [0.25, 0.3) is 54.6 Å². The summed E-state index contributed by atoms with van der Waals surface area (Å²) in [5.41, 5.74) is 24.3. The summed E-state index contributed by atoms with van der Waals surface area (Å²) >= 11 is 0. The second kappa shape index (κ2) is 15.7. The van der Waals surface area contributed by atoms with Gasteiger partial charge in [0.25, 0.3) is 13.4 Å². The standard InChI is InChI=1S/C70H42B2N4O2/c1-5-22-44(23-6-1)73-55-34-18-16-32-51(55)71-54-39-53-57(40-58(54)76(47-28-11-4-12-29-47)69-65-50-38-37-43-21-13-14-30-48(43)70(50)78-63(65)42-59(73)66(69)71)74(45-24-7-2-8-25-45)60-41-62-64(49-31-15-20-36-61(49)77-62)68-67(60)72(53)52-33-17-19-35-56(52)75(68)46-26-9-3-10-27-46/h1-42H. The fourth-order valence-electron chi connectivity index (χ4n) is 14.1. The van der Waals surface area contributed by atoms with Crippen LogP contribution in [0, 0.1) is 0 Å². The fraction of sp³-hybridized carbons (Fsp3) is 0. The lowest BCUT2D eigenvalue weighted by atomic mass is 9.30. The highest BCUT2D eigenvalue weighted by molar-refractivity contribution is 7.03. The van der Waals surface area contributed by atoms with Crippen molar-refractivity contribution in [1.29, 1.82) is 0 Å². The lowest BCUT2D eigenvalue weighted by Gasteiger charge is -2.47. The first kappa shape index (κ1) is 42.1. The van der Waals surface area contributed by atoms with Gasteiger partial charge in [-0.2, -0.15) is 0 Å². The van der Waals surface area contributed by atoms with Crippen LogP contribution < -0.4 is 52.4 Å². The molecule has 18 rings (SSSR count). The number of hydrogen-bond acceptors (Lipinski definition) is 6. The monoisotopic (exact) mass is 992 g/mol. The van der Waals surface area contributed by atoms with Crippen molar-refractivity contribution in [1.82, 2.24) is 0 Å². The molecule has 14 aromatic rings. The van der Waals surface area contributed by atoms with Crippen LogP contribution in [0.4, 0.5) is 68.2 Å². The first-order chi connectivity index (χ1) is 38.7. The van der Waals surface area contributed by atoms with E-state index in [-0.39, 0.29) is 13.4 Å². The molecule has 12 aromatic carbocycles. The minimum atomic E-state index is -0.160. The Kier molecular flexibility index (Phi) is 8.47. The summed E-state index contributed by atoms with van der Waals surface area (Å²) in [7, 11) is 0. The molecule has 4 aliphatic rings. The SMILES string of the molecule is c1ccc(N2c3cc4c(cc3B3c5ccccc5N(c5ccccc5)c5c3c2cc2oc3ccccc3c52)B2c3ccccc3N(c3ccccc3)c3cc5oc6c7ccccc7ccc6c5c(c32)N4c2ccccc2)cc1. The number of hydrogen-bond donors (Lipinski definition) is 0. The van der Waals surface area contributed by atoms with Crippen LogP contribution in [0.3, 0.4) is 0 Å². The van der Waals surface area contributed by atoms with Gasteiger partial charge in [-0.15, -0.1) is 0 Å². The molecule has 0 saturated heterocycles. The lowest BCUT2D eigenvalue weighted by molar-refractivity contribution is 0.669. The van der Waals surface area contributed by atoms with E-state index in [9.17, 15) is 0 Å². The summed E-state index contributed by atoms with van der Waals surface area (Å²) in [4.78, 5) is 10.1. The molecule has 0 radical (unpaired) electrons. The minimum absolute atomic E-state index is 0.149. The van der Waals surface area contributed by atoms with Crippen LogP contribution >= 0.6 is 0 Å². The van der Waals surface area contributed by atoms with E-state index in [4.69, 9.17) is 8.83 Å². The van der Waals surface area contributed by atoms with E-state index < -0.39 is 0 Å². The Morgan fingerprint density at radius 2 is 0.705 bits per heavy atom. The Labute approximate surface area is 450 Å². The Bertz CT molecular complexity index is 4850. The van der Waals surface area contributed by atoms with Crippen molar-refractivity contribution in [2.45, 2.75) is 0 Å². The maximum atomic E-state index is 7.29. The van der Waals surface area contributed by atoms with Crippen LogP contribution in [-0.4, -0.2) is 13.4 Å². The van der Waals surface area contributed by atoms with Gasteiger partial charge >= 0.3 is 0 Å². The van der Waals surface area contributed by atoms with Gasteiger partial charge in [0.1, 0.15) is 22.3 Å². The Balaban J connectivity index is 1.02. The number of anilines is 12. The zero-order valence-corrected chi connectivity index (χ0v) is 42.0.